The van der Waals surface area contributed by atoms with E-state index in [9.17, 15) is 13.5 Å². The lowest BCUT2D eigenvalue weighted by Gasteiger charge is -2.23. The molecule has 0 unspecified atom stereocenters. The standard InChI is InChI=1S/C10H16N.C7H5NO3S/c1-11(2,3)9-10-7-5-4-6-8-10;9-7-5-3-1-2-4-6(5)12(10,11)8-7/h4-8H,9H2,1-3H3;1-4H,(H,8,9)/q+1;/p-1. The second kappa shape index (κ2) is 6.52. The largest absolute Gasteiger partial charge is 0.858 e. The SMILES string of the molecule is C[N+](C)(C)Cc1ccccc1.O=S1(=O)N=C([O-])c2ccccc21. The summed E-state index contributed by atoms with van der Waals surface area (Å²) in [5.74, 6) is -0.675. The molecule has 0 saturated carbocycles. The Hall–Kier alpha value is -2.18. The minimum atomic E-state index is -3.68. The number of hydrogen-bond donors (Lipinski definition) is 0. The summed E-state index contributed by atoms with van der Waals surface area (Å²) in [7, 11) is 2.92. The van der Waals surface area contributed by atoms with Crippen molar-refractivity contribution in [1.29, 1.82) is 0 Å². The Morgan fingerprint density at radius 2 is 1.52 bits per heavy atom. The van der Waals surface area contributed by atoms with E-state index < -0.39 is 15.9 Å². The maximum Gasteiger partial charge on any atom is 0.282 e. The van der Waals surface area contributed by atoms with Gasteiger partial charge >= 0.3 is 0 Å². The molecular formula is C17H20N2O3S. The highest BCUT2D eigenvalue weighted by Gasteiger charge is 2.22. The van der Waals surface area contributed by atoms with E-state index in [1.54, 1.807) is 12.1 Å². The van der Waals surface area contributed by atoms with Crippen molar-refractivity contribution in [3.05, 3.63) is 65.7 Å². The molecule has 0 radical (unpaired) electrons. The lowest BCUT2D eigenvalue weighted by atomic mass is 10.2. The number of sulfonamides is 1. The van der Waals surface area contributed by atoms with Gasteiger partial charge in [-0.15, -0.1) is 0 Å². The number of benzene rings is 2. The average molecular weight is 332 g/mol. The van der Waals surface area contributed by atoms with E-state index in [0.29, 0.717) is 0 Å². The molecule has 1 aliphatic heterocycles. The van der Waals surface area contributed by atoms with Gasteiger partial charge in [0.2, 0.25) is 0 Å². The zero-order chi connectivity index (χ0) is 17.1. The average Bonchev–Trinajstić information content (AvgIpc) is 2.69. The Bertz CT molecular complexity index is 807. The highest BCUT2D eigenvalue weighted by atomic mass is 32.2. The quantitative estimate of drug-likeness (QED) is 0.780. The summed E-state index contributed by atoms with van der Waals surface area (Å²) in [4.78, 5) is 0.00926. The Morgan fingerprint density at radius 1 is 0.957 bits per heavy atom. The molecule has 0 aliphatic carbocycles. The predicted molar refractivity (Wildman–Crippen MR) is 88.3 cm³/mol. The summed E-state index contributed by atoms with van der Waals surface area (Å²) in [5, 5.41) is 10.9. The molecule has 1 heterocycles. The predicted octanol–water partition coefficient (Wildman–Crippen LogP) is 1.39. The lowest BCUT2D eigenvalue weighted by Crippen LogP contribution is -2.33. The topological polar surface area (TPSA) is 69.6 Å². The third kappa shape index (κ3) is 4.64. The highest BCUT2D eigenvalue weighted by molar-refractivity contribution is 7.90. The first-order valence-electron chi connectivity index (χ1n) is 7.15. The zero-order valence-corrected chi connectivity index (χ0v) is 14.2. The summed E-state index contributed by atoms with van der Waals surface area (Å²) in [5.41, 5.74) is 1.57. The van der Waals surface area contributed by atoms with Gasteiger partial charge in [0.15, 0.2) is 0 Å². The van der Waals surface area contributed by atoms with Crippen LogP contribution in [-0.2, 0) is 16.6 Å². The lowest BCUT2D eigenvalue weighted by molar-refractivity contribution is -0.884. The molecule has 122 valence electrons. The highest BCUT2D eigenvalue weighted by Crippen LogP contribution is 2.23. The van der Waals surface area contributed by atoms with Crippen LogP contribution < -0.4 is 5.11 Å². The van der Waals surface area contributed by atoms with Crippen LogP contribution in [0.25, 0.3) is 0 Å². The van der Waals surface area contributed by atoms with E-state index in [1.807, 2.05) is 0 Å². The van der Waals surface area contributed by atoms with Crippen LogP contribution in [0.2, 0.25) is 0 Å². The molecular weight excluding hydrogens is 312 g/mol. The molecule has 0 fully saturated rings. The first-order valence-corrected chi connectivity index (χ1v) is 8.59. The fourth-order valence-electron chi connectivity index (χ4n) is 2.21. The monoisotopic (exact) mass is 332 g/mol. The first kappa shape index (κ1) is 17.2. The van der Waals surface area contributed by atoms with Gasteiger partial charge in [0.05, 0.1) is 26.0 Å². The Morgan fingerprint density at radius 3 is 2.09 bits per heavy atom. The van der Waals surface area contributed by atoms with Gasteiger partial charge in [-0.2, -0.15) is 12.8 Å². The van der Waals surface area contributed by atoms with E-state index in [4.69, 9.17) is 0 Å². The zero-order valence-electron chi connectivity index (χ0n) is 13.4. The van der Waals surface area contributed by atoms with Crippen LogP contribution in [0.15, 0.2) is 63.9 Å². The smallest absolute Gasteiger partial charge is 0.282 e. The van der Waals surface area contributed by atoms with Gasteiger partial charge in [0.25, 0.3) is 10.0 Å². The summed E-state index contributed by atoms with van der Waals surface area (Å²) in [6.45, 7) is 1.10. The van der Waals surface area contributed by atoms with Crippen LogP contribution in [-0.4, -0.2) is 39.9 Å². The molecule has 0 N–H and O–H groups in total. The van der Waals surface area contributed by atoms with E-state index in [0.717, 1.165) is 11.0 Å². The van der Waals surface area contributed by atoms with Gasteiger partial charge in [-0.1, -0.05) is 48.5 Å². The van der Waals surface area contributed by atoms with Crippen LogP contribution >= 0.6 is 0 Å². The van der Waals surface area contributed by atoms with Crippen LogP contribution in [0.4, 0.5) is 0 Å². The molecule has 2 aromatic rings. The normalized spacial score (nSPS) is 15.2. The first-order chi connectivity index (χ1) is 10.7. The van der Waals surface area contributed by atoms with Crippen molar-refractivity contribution in [1.82, 2.24) is 0 Å². The van der Waals surface area contributed by atoms with E-state index in [-0.39, 0.29) is 10.5 Å². The van der Waals surface area contributed by atoms with E-state index in [2.05, 4.69) is 55.9 Å². The summed E-state index contributed by atoms with van der Waals surface area (Å²) < 4.78 is 26.2. The maximum atomic E-state index is 11.1. The van der Waals surface area contributed by atoms with Crippen molar-refractivity contribution in [2.45, 2.75) is 11.4 Å². The summed E-state index contributed by atoms with van der Waals surface area (Å²) >= 11 is 0. The van der Waals surface area contributed by atoms with Crippen molar-refractivity contribution in [3.63, 3.8) is 0 Å². The Balaban J connectivity index is 0.000000168. The number of nitrogens with zero attached hydrogens (tertiary/aromatic N) is 2. The molecule has 0 aromatic heterocycles. The molecule has 0 saturated heterocycles. The van der Waals surface area contributed by atoms with Gasteiger partial charge < -0.3 is 9.59 Å². The molecule has 5 nitrogen and oxygen atoms in total. The number of hydrogen-bond acceptors (Lipinski definition) is 3. The third-order valence-corrected chi connectivity index (χ3v) is 4.42. The third-order valence-electron chi connectivity index (χ3n) is 3.10. The van der Waals surface area contributed by atoms with Gasteiger partial charge in [-0.05, 0) is 6.07 Å². The minimum absolute atomic E-state index is 0.00926. The van der Waals surface area contributed by atoms with E-state index in [1.165, 1.54) is 17.7 Å². The van der Waals surface area contributed by atoms with Gasteiger partial charge in [0.1, 0.15) is 6.54 Å². The van der Waals surface area contributed by atoms with Crippen molar-refractivity contribution < 1.29 is 18.0 Å². The van der Waals surface area contributed by atoms with E-state index >= 15 is 0 Å². The van der Waals surface area contributed by atoms with Crippen molar-refractivity contribution in [2.24, 2.45) is 4.40 Å². The van der Waals surface area contributed by atoms with Crippen molar-refractivity contribution >= 4 is 15.9 Å². The second-order valence-electron chi connectivity index (χ2n) is 6.30. The van der Waals surface area contributed by atoms with Crippen molar-refractivity contribution in [3.8, 4) is 0 Å². The second-order valence-corrected chi connectivity index (χ2v) is 7.87. The molecule has 0 atom stereocenters. The van der Waals surface area contributed by atoms with Crippen molar-refractivity contribution in [2.75, 3.05) is 21.1 Å². The molecule has 0 spiro atoms. The maximum absolute atomic E-state index is 11.1. The fourth-order valence-corrected chi connectivity index (χ4v) is 3.31. The number of quaternary nitrogens is 1. The fraction of sp³-hybridized carbons (Fsp3) is 0.235. The Kier molecular flexibility index (Phi) is 4.87. The van der Waals surface area contributed by atoms with Crippen LogP contribution in [0.1, 0.15) is 11.1 Å². The van der Waals surface area contributed by atoms with Crippen LogP contribution in [0.3, 0.4) is 0 Å². The molecule has 6 heteroatoms. The van der Waals surface area contributed by atoms with Crippen LogP contribution in [0.5, 0.6) is 0 Å². The molecule has 0 amide bonds. The summed E-state index contributed by atoms with van der Waals surface area (Å²) in [6.07, 6.45) is 0. The summed E-state index contributed by atoms with van der Waals surface area (Å²) in [6, 6.07) is 16.6. The molecule has 23 heavy (non-hydrogen) atoms. The molecule has 3 rings (SSSR count). The minimum Gasteiger partial charge on any atom is -0.858 e. The van der Waals surface area contributed by atoms with Crippen LogP contribution in [0, 0.1) is 0 Å². The Labute approximate surface area is 137 Å². The van der Waals surface area contributed by atoms with Gasteiger partial charge in [-0.3, -0.25) is 0 Å². The molecule has 0 bridgehead atoms. The number of fused-ring (bicyclic) bond motifs is 1. The molecule has 2 aromatic carbocycles. The molecule has 1 aliphatic rings. The van der Waals surface area contributed by atoms with Gasteiger partial charge in [0, 0.05) is 17.0 Å². The number of rotatable bonds is 2. The van der Waals surface area contributed by atoms with Gasteiger partial charge in [-0.25, -0.2) is 0 Å².